The predicted octanol–water partition coefficient (Wildman–Crippen LogP) is 2.43. The van der Waals surface area contributed by atoms with E-state index in [9.17, 15) is 4.79 Å². The standard InChI is InChI=1S/C12H20N2O2S.ClH/c1-3-4-5-9(8-13)14-12(15)11-10(16-2)6-7-17-11;/h6-7,9H,3-5,8,13H2,1-2H3,(H,14,15);1H. The van der Waals surface area contributed by atoms with Gasteiger partial charge in [-0.3, -0.25) is 4.79 Å². The Morgan fingerprint density at radius 3 is 2.89 bits per heavy atom. The Bertz CT molecular complexity index is 358. The largest absolute Gasteiger partial charge is 0.495 e. The number of hydrogen-bond acceptors (Lipinski definition) is 4. The van der Waals surface area contributed by atoms with E-state index in [4.69, 9.17) is 10.5 Å². The lowest BCUT2D eigenvalue weighted by atomic mass is 10.1. The van der Waals surface area contributed by atoms with Crippen LogP contribution >= 0.6 is 23.7 Å². The van der Waals surface area contributed by atoms with Gasteiger partial charge in [-0.15, -0.1) is 23.7 Å². The molecule has 1 amide bonds. The third-order valence-corrected chi connectivity index (χ3v) is 3.48. The monoisotopic (exact) mass is 292 g/mol. The summed E-state index contributed by atoms with van der Waals surface area (Å²) >= 11 is 1.38. The molecule has 3 N–H and O–H groups in total. The molecule has 0 radical (unpaired) electrons. The van der Waals surface area contributed by atoms with Gasteiger partial charge in [0.05, 0.1) is 7.11 Å². The van der Waals surface area contributed by atoms with Gasteiger partial charge in [0.15, 0.2) is 0 Å². The van der Waals surface area contributed by atoms with E-state index in [0.29, 0.717) is 17.2 Å². The van der Waals surface area contributed by atoms with E-state index in [1.165, 1.54) is 11.3 Å². The average Bonchev–Trinajstić information content (AvgIpc) is 2.82. The molecule has 1 unspecified atom stereocenters. The maximum atomic E-state index is 12.0. The topological polar surface area (TPSA) is 64.3 Å². The van der Waals surface area contributed by atoms with E-state index in [1.807, 2.05) is 5.38 Å². The van der Waals surface area contributed by atoms with Gasteiger partial charge in [-0.1, -0.05) is 19.8 Å². The summed E-state index contributed by atoms with van der Waals surface area (Å²) in [6.07, 6.45) is 3.10. The Balaban J connectivity index is 0.00000289. The third-order valence-electron chi connectivity index (χ3n) is 2.58. The van der Waals surface area contributed by atoms with Crippen molar-refractivity contribution in [3.63, 3.8) is 0 Å². The van der Waals surface area contributed by atoms with Gasteiger partial charge in [-0.05, 0) is 17.9 Å². The molecule has 6 heteroatoms. The van der Waals surface area contributed by atoms with Crippen molar-refractivity contribution in [1.82, 2.24) is 5.32 Å². The van der Waals surface area contributed by atoms with Crippen molar-refractivity contribution in [3.05, 3.63) is 16.3 Å². The molecule has 18 heavy (non-hydrogen) atoms. The van der Waals surface area contributed by atoms with E-state index < -0.39 is 0 Å². The normalized spacial score (nSPS) is 11.5. The molecular formula is C12H21ClN2O2S. The average molecular weight is 293 g/mol. The number of hydrogen-bond donors (Lipinski definition) is 2. The minimum Gasteiger partial charge on any atom is -0.495 e. The Labute approximate surface area is 118 Å². The molecule has 0 spiro atoms. The van der Waals surface area contributed by atoms with E-state index in [1.54, 1.807) is 13.2 Å². The fraction of sp³-hybridized carbons (Fsp3) is 0.583. The molecule has 0 aromatic carbocycles. The van der Waals surface area contributed by atoms with Gasteiger partial charge in [-0.2, -0.15) is 0 Å². The number of amides is 1. The zero-order chi connectivity index (χ0) is 12.7. The second-order valence-corrected chi connectivity index (χ2v) is 4.78. The van der Waals surface area contributed by atoms with Gasteiger partial charge in [0.2, 0.25) is 0 Å². The summed E-state index contributed by atoms with van der Waals surface area (Å²) in [5, 5.41) is 4.79. The molecule has 0 saturated heterocycles. The van der Waals surface area contributed by atoms with Crippen molar-refractivity contribution in [2.24, 2.45) is 5.73 Å². The highest BCUT2D eigenvalue weighted by molar-refractivity contribution is 7.12. The van der Waals surface area contributed by atoms with Crippen LogP contribution in [0.1, 0.15) is 35.9 Å². The van der Waals surface area contributed by atoms with E-state index >= 15 is 0 Å². The molecule has 0 aliphatic heterocycles. The Morgan fingerprint density at radius 2 is 2.33 bits per heavy atom. The number of carbonyl (C=O) groups is 1. The number of methoxy groups -OCH3 is 1. The summed E-state index contributed by atoms with van der Waals surface area (Å²) in [7, 11) is 1.57. The van der Waals surface area contributed by atoms with Crippen molar-refractivity contribution in [1.29, 1.82) is 0 Å². The molecule has 1 atom stereocenters. The predicted molar refractivity (Wildman–Crippen MR) is 78.0 cm³/mol. The number of carbonyl (C=O) groups excluding carboxylic acids is 1. The minimum absolute atomic E-state index is 0. The Kier molecular flexibility index (Phi) is 8.79. The van der Waals surface area contributed by atoms with Gasteiger partial charge in [-0.25, -0.2) is 0 Å². The molecule has 1 aromatic heterocycles. The number of halogens is 1. The van der Waals surface area contributed by atoms with Crippen LogP contribution in [0.25, 0.3) is 0 Å². The number of nitrogens with one attached hydrogen (secondary N) is 1. The van der Waals surface area contributed by atoms with Crippen LogP contribution in [-0.4, -0.2) is 25.6 Å². The third kappa shape index (κ3) is 4.84. The highest BCUT2D eigenvalue weighted by Crippen LogP contribution is 2.24. The summed E-state index contributed by atoms with van der Waals surface area (Å²) < 4.78 is 5.12. The second kappa shape index (κ2) is 9.19. The van der Waals surface area contributed by atoms with Crippen molar-refractivity contribution in [2.75, 3.05) is 13.7 Å². The second-order valence-electron chi connectivity index (χ2n) is 3.87. The molecular weight excluding hydrogens is 272 g/mol. The van der Waals surface area contributed by atoms with Crippen molar-refractivity contribution < 1.29 is 9.53 Å². The molecule has 0 aliphatic carbocycles. The molecule has 0 fully saturated rings. The number of nitrogens with two attached hydrogens (primary N) is 1. The lowest BCUT2D eigenvalue weighted by Gasteiger charge is -2.16. The summed E-state index contributed by atoms with van der Waals surface area (Å²) in [6, 6.07) is 1.84. The Hall–Kier alpha value is -0.780. The van der Waals surface area contributed by atoms with Crippen LogP contribution in [0.5, 0.6) is 5.75 Å². The summed E-state index contributed by atoms with van der Waals surface area (Å²) in [5.41, 5.74) is 5.64. The molecule has 1 heterocycles. The highest BCUT2D eigenvalue weighted by Gasteiger charge is 2.17. The molecule has 4 nitrogen and oxygen atoms in total. The fourth-order valence-electron chi connectivity index (χ4n) is 1.57. The zero-order valence-electron chi connectivity index (χ0n) is 10.8. The van der Waals surface area contributed by atoms with Gasteiger partial charge >= 0.3 is 0 Å². The Morgan fingerprint density at radius 1 is 1.61 bits per heavy atom. The van der Waals surface area contributed by atoms with Gasteiger partial charge in [0, 0.05) is 12.6 Å². The SMILES string of the molecule is CCCCC(CN)NC(=O)c1sccc1OC.Cl. The minimum atomic E-state index is -0.0941. The maximum absolute atomic E-state index is 12.0. The highest BCUT2D eigenvalue weighted by atomic mass is 35.5. The maximum Gasteiger partial charge on any atom is 0.265 e. The first-order valence-electron chi connectivity index (χ1n) is 5.85. The van der Waals surface area contributed by atoms with Crippen LogP contribution in [0, 0.1) is 0 Å². The summed E-state index contributed by atoms with van der Waals surface area (Å²) in [5.74, 6) is 0.530. The van der Waals surface area contributed by atoms with Gasteiger partial charge < -0.3 is 15.8 Å². The first kappa shape index (κ1) is 17.2. The molecule has 0 aliphatic rings. The number of thiophene rings is 1. The molecule has 104 valence electrons. The van der Waals surface area contributed by atoms with Crippen LogP contribution in [0.2, 0.25) is 0 Å². The number of rotatable bonds is 7. The van der Waals surface area contributed by atoms with Gasteiger partial charge in [0.25, 0.3) is 5.91 Å². The van der Waals surface area contributed by atoms with Gasteiger partial charge in [0.1, 0.15) is 10.6 Å². The summed E-state index contributed by atoms with van der Waals surface area (Å²) in [6.45, 7) is 2.59. The number of unbranched alkanes of at least 4 members (excludes halogenated alkanes) is 1. The molecule has 0 bridgehead atoms. The van der Waals surface area contributed by atoms with E-state index in [-0.39, 0.29) is 24.4 Å². The van der Waals surface area contributed by atoms with Crippen LogP contribution in [0.15, 0.2) is 11.4 Å². The van der Waals surface area contributed by atoms with E-state index in [0.717, 1.165) is 19.3 Å². The van der Waals surface area contributed by atoms with Crippen LogP contribution in [0.3, 0.4) is 0 Å². The zero-order valence-corrected chi connectivity index (χ0v) is 12.4. The quantitative estimate of drug-likeness (QED) is 0.811. The molecule has 0 saturated carbocycles. The van der Waals surface area contributed by atoms with E-state index in [2.05, 4.69) is 12.2 Å². The number of ether oxygens (including phenoxy) is 1. The summed E-state index contributed by atoms with van der Waals surface area (Å²) in [4.78, 5) is 12.6. The fourth-order valence-corrected chi connectivity index (χ4v) is 2.34. The lowest BCUT2D eigenvalue weighted by molar-refractivity contribution is 0.0937. The molecule has 1 rings (SSSR count). The lowest BCUT2D eigenvalue weighted by Crippen LogP contribution is -2.39. The smallest absolute Gasteiger partial charge is 0.265 e. The van der Waals surface area contributed by atoms with Crippen LogP contribution in [-0.2, 0) is 0 Å². The van der Waals surface area contributed by atoms with Crippen LogP contribution < -0.4 is 15.8 Å². The van der Waals surface area contributed by atoms with Crippen molar-refractivity contribution >= 4 is 29.7 Å². The van der Waals surface area contributed by atoms with Crippen molar-refractivity contribution in [3.8, 4) is 5.75 Å². The first-order chi connectivity index (χ1) is 8.22. The molecule has 1 aromatic rings. The first-order valence-corrected chi connectivity index (χ1v) is 6.73. The van der Waals surface area contributed by atoms with Crippen molar-refractivity contribution in [2.45, 2.75) is 32.2 Å². The van der Waals surface area contributed by atoms with Crippen LogP contribution in [0.4, 0.5) is 0 Å².